The topological polar surface area (TPSA) is 153 Å². The zero-order chi connectivity index (χ0) is 26.9. The Labute approximate surface area is 208 Å². The van der Waals surface area contributed by atoms with E-state index in [-0.39, 0.29) is 17.8 Å². The van der Waals surface area contributed by atoms with Gasteiger partial charge in [-0.3, -0.25) is 9.59 Å². The Kier molecular flexibility index (Phi) is 10.5. The van der Waals surface area contributed by atoms with Gasteiger partial charge in [0, 0.05) is 18.5 Å². The maximum atomic E-state index is 13.1. The van der Waals surface area contributed by atoms with Crippen LogP contribution in [0.25, 0.3) is 0 Å². The lowest BCUT2D eigenvalue weighted by atomic mass is 9.94. The molecule has 0 unspecified atom stereocenters. The number of nitrogens with one attached hydrogen (secondary N) is 1. The van der Waals surface area contributed by atoms with Crippen molar-refractivity contribution in [3.8, 4) is 0 Å². The summed E-state index contributed by atoms with van der Waals surface area (Å²) in [5.41, 5.74) is 1.04. The van der Waals surface area contributed by atoms with Crippen molar-refractivity contribution < 1.29 is 43.9 Å². The molecule has 2 atom stereocenters. The van der Waals surface area contributed by atoms with Crippen molar-refractivity contribution in [1.82, 2.24) is 5.32 Å². The first-order valence-electron chi connectivity index (χ1n) is 11.5. The Balaban J connectivity index is 0.000000302. The second-order valence-electron chi connectivity index (χ2n) is 9.06. The zero-order valence-corrected chi connectivity index (χ0v) is 20.2. The number of hydrogen-bond donors (Lipinski definition) is 5. The molecule has 0 aliphatic carbocycles. The van der Waals surface area contributed by atoms with Crippen molar-refractivity contribution in [3.63, 3.8) is 0 Å². The number of halogens is 1. The van der Waals surface area contributed by atoms with Crippen molar-refractivity contribution in [2.45, 2.75) is 56.7 Å². The van der Waals surface area contributed by atoms with Gasteiger partial charge in [0.25, 0.3) is 0 Å². The third-order valence-corrected chi connectivity index (χ3v) is 5.88. The minimum Gasteiger partial charge on any atom is -0.481 e. The van der Waals surface area contributed by atoms with Crippen LogP contribution in [0.2, 0.25) is 0 Å². The van der Waals surface area contributed by atoms with Crippen LogP contribution in [0.5, 0.6) is 0 Å². The van der Waals surface area contributed by atoms with Crippen molar-refractivity contribution in [3.05, 3.63) is 71.0 Å². The Bertz CT molecular complexity index is 1010. The number of carbonyl (C=O) groups is 3. The molecule has 2 aromatic carbocycles. The van der Waals surface area contributed by atoms with E-state index < -0.39 is 36.4 Å². The first-order chi connectivity index (χ1) is 16.9. The second kappa shape index (κ2) is 13.1. The van der Waals surface area contributed by atoms with Gasteiger partial charge in [0.1, 0.15) is 5.82 Å². The first kappa shape index (κ1) is 28.9. The van der Waals surface area contributed by atoms with Gasteiger partial charge in [-0.25, -0.2) is 9.18 Å². The normalized spacial score (nSPS) is 17.4. The Morgan fingerprint density at radius 2 is 1.53 bits per heavy atom. The van der Waals surface area contributed by atoms with Crippen LogP contribution in [0.4, 0.5) is 4.39 Å². The van der Waals surface area contributed by atoms with Gasteiger partial charge in [-0.2, -0.15) is 0 Å². The van der Waals surface area contributed by atoms with Gasteiger partial charge in [-0.1, -0.05) is 50.2 Å². The molecule has 2 aromatic rings. The number of carboxylic acids is 3. The SMILES string of the molecule is CC(C)c1ccc(CN[C@@H]2COC[C@H]2c2ccc(F)cc2)cc1.O=C(O)CC(O)(CC(=O)O)C(=O)O. The van der Waals surface area contributed by atoms with E-state index in [4.69, 9.17) is 25.2 Å². The highest BCUT2D eigenvalue weighted by atomic mass is 19.1. The zero-order valence-electron chi connectivity index (χ0n) is 20.2. The van der Waals surface area contributed by atoms with E-state index in [1.807, 2.05) is 12.1 Å². The van der Waals surface area contributed by atoms with Crippen LogP contribution >= 0.6 is 0 Å². The number of rotatable bonds is 10. The van der Waals surface area contributed by atoms with Gasteiger partial charge < -0.3 is 30.5 Å². The third kappa shape index (κ3) is 8.71. The number of benzene rings is 2. The van der Waals surface area contributed by atoms with Crippen molar-refractivity contribution in [2.24, 2.45) is 0 Å². The van der Waals surface area contributed by atoms with Gasteiger partial charge in [0.05, 0.1) is 26.1 Å². The molecule has 1 aliphatic rings. The number of hydrogen-bond acceptors (Lipinski definition) is 6. The number of ether oxygens (including phenoxy) is 1. The molecule has 0 bridgehead atoms. The van der Waals surface area contributed by atoms with E-state index in [1.165, 1.54) is 23.3 Å². The molecular formula is C26H32FNO8. The van der Waals surface area contributed by atoms with Gasteiger partial charge >= 0.3 is 17.9 Å². The lowest BCUT2D eigenvalue weighted by molar-refractivity contribution is -0.170. The molecule has 0 radical (unpaired) electrons. The summed E-state index contributed by atoms with van der Waals surface area (Å²) in [4.78, 5) is 30.5. The smallest absolute Gasteiger partial charge is 0.336 e. The summed E-state index contributed by atoms with van der Waals surface area (Å²) in [6.45, 7) is 6.62. The number of aliphatic carboxylic acids is 3. The van der Waals surface area contributed by atoms with Crippen molar-refractivity contribution in [2.75, 3.05) is 13.2 Å². The lowest BCUT2D eigenvalue weighted by Crippen LogP contribution is -2.42. The Morgan fingerprint density at radius 3 is 2.00 bits per heavy atom. The third-order valence-electron chi connectivity index (χ3n) is 5.88. The van der Waals surface area contributed by atoms with E-state index in [1.54, 1.807) is 0 Å². The van der Waals surface area contributed by atoms with E-state index in [0.717, 1.165) is 12.1 Å². The molecule has 1 fully saturated rings. The maximum Gasteiger partial charge on any atom is 0.336 e. The number of carboxylic acid groups (broad SMARTS) is 3. The van der Waals surface area contributed by atoms with Gasteiger partial charge in [-0.05, 0) is 34.7 Å². The summed E-state index contributed by atoms with van der Waals surface area (Å²) in [5.74, 6) is -4.37. The van der Waals surface area contributed by atoms with Crippen molar-refractivity contribution in [1.29, 1.82) is 0 Å². The predicted octanol–water partition coefficient (Wildman–Crippen LogP) is 2.97. The quantitative estimate of drug-likeness (QED) is 0.328. The molecule has 0 aromatic heterocycles. The van der Waals surface area contributed by atoms with Crippen molar-refractivity contribution >= 4 is 17.9 Å². The molecule has 1 aliphatic heterocycles. The summed E-state index contributed by atoms with van der Waals surface area (Å²) < 4.78 is 18.7. The Hall–Kier alpha value is -3.34. The van der Waals surface area contributed by atoms with Gasteiger partial charge in [0.15, 0.2) is 5.60 Å². The second-order valence-corrected chi connectivity index (χ2v) is 9.06. The fraction of sp³-hybridized carbons (Fsp3) is 0.423. The summed E-state index contributed by atoms with van der Waals surface area (Å²) in [6, 6.07) is 15.8. The van der Waals surface area contributed by atoms with Gasteiger partial charge in [-0.15, -0.1) is 0 Å². The number of aliphatic hydroxyl groups is 1. The fourth-order valence-corrected chi connectivity index (χ4v) is 3.78. The van der Waals surface area contributed by atoms with E-state index >= 15 is 0 Å². The van der Waals surface area contributed by atoms with Crippen LogP contribution in [0, 0.1) is 5.82 Å². The molecule has 5 N–H and O–H groups in total. The lowest BCUT2D eigenvalue weighted by Gasteiger charge is -2.20. The van der Waals surface area contributed by atoms with Gasteiger partial charge in [0.2, 0.25) is 0 Å². The summed E-state index contributed by atoms with van der Waals surface area (Å²) in [5, 5.41) is 37.4. The fourth-order valence-electron chi connectivity index (χ4n) is 3.78. The van der Waals surface area contributed by atoms with Crippen LogP contribution in [0.15, 0.2) is 48.5 Å². The summed E-state index contributed by atoms with van der Waals surface area (Å²) in [7, 11) is 0. The molecule has 0 spiro atoms. The molecular weight excluding hydrogens is 473 g/mol. The first-order valence-corrected chi connectivity index (χ1v) is 11.5. The molecule has 1 saturated heterocycles. The predicted molar refractivity (Wildman–Crippen MR) is 128 cm³/mol. The van der Waals surface area contributed by atoms with Crippen LogP contribution < -0.4 is 5.32 Å². The summed E-state index contributed by atoms with van der Waals surface area (Å²) in [6.07, 6.45) is -2.29. The maximum absolute atomic E-state index is 13.1. The van der Waals surface area contributed by atoms with E-state index in [9.17, 15) is 18.8 Å². The van der Waals surface area contributed by atoms with Crippen LogP contribution in [-0.4, -0.2) is 63.2 Å². The highest BCUT2D eigenvalue weighted by molar-refractivity contribution is 5.88. The molecule has 196 valence electrons. The monoisotopic (exact) mass is 505 g/mol. The molecule has 3 rings (SSSR count). The van der Waals surface area contributed by atoms with Crippen LogP contribution in [0.3, 0.4) is 0 Å². The molecule has 10 heteroatoms. The van der Waals surface area contributed by atoms with Crippen LogP contribution in [-0.2, 0) is 25.7 Å². The van der Waals surface area contributed by atoms with E-state index in [2.05, 4.69) is 43.4 Å². The average molecular weight is 506 g/mol. The van der Waals surface area contributed by atoms with E-state index in [0.29, 0.717) is 19.1 Å². The Morgan fingerprint density at radius 1 is 0.972 bits per heavy atom. The molecule has 0 amide bonds. The molecule has 1 heterocycles. The average Bonchev–Trinajstić information content (AvgIpc) is 3.26. The molecule has 9 nitrogen and oxygen atoms in total. The standard InChI is InChI=1S/C20H24FNO.C6H8O7/c1-14(2)16-5-3-15(4-6-16)11-22-20-13-23-12-19(20)17-7-9-18(21)10-8-17;7-3(8)1-6(13,5(11)12)2-4(9)10/h3-10,14,19-20,22H,11-13H2,1-2H3;13H,1-2H2,(H,7,8)(H,9,10)(H,11,12)/t19-,20+;/m0./s1. The highest BCUT2D eigenvalue weighted by Crippen LogP contribution is 2.26. The van der Waals surface area contributed by atoms with Crippen LogP contribution in [0.1, 0.15) is 55.2 Å². The summed E-state index contributed by atoms with van der Waals surface area (Å²) >= 11 is 0. The molecule has 0 saturated carbocycles. The minimum absolute atomic E-state index is 0.192. The molecule has 36 heavy (non-hydrogen) atoms. The largest absolute Gasteiger partial charge is 0.481 e. The highest BCUT2D eigenvalue weighted by Gasteiger charge is 2.40. The minimum atomic E-state index is -2.74.